The Bertz CT molecular complexity index is 1240. The molecule has 9 heteroatoms. The third-order valence-electron chi connectivity index (χ3n) is 7.35. The van der Waals surface area contributed by atoms with Crippen LogP contribution in [0.3, 0.4) is 0 Å². The number of nitrogens with zero attached hydrogens (tertiary/aromatic N) is 5. The molecule has 2 aromatic heterocycles. The molecular weight excluding hydrogens is 454 g/mol. The summed E-state index contributed by atoms with van der Waals surface area (Å²) in [7, 11) is 0. The number of amides is 2. The van der Waals surface area contributed by atoms with Crippen LogP contribution < -0.4 is 15.5 Å². The molecule has 0 radical (unpaired) electrons. The molecule has 9 nitrogen and oxygen atoms in total. The highest BCUT2D eigenvalue weighted by molar-refractivity contribution is 5.87. The molecule has 0 saturated carbocycles. The first-order valence-electron chi connectivity index (χ1n) is 13.0. The molecule has 2 amide bonds. The summed E-state index contributed by atoms with van der Waals surface area (Å²) in [6, 6.07) is 7.76. The van der Waals surface area contributed by atoms with Crippen LogP contribution in [0.25, 0.3) is 5.78 Å². The van der Waals surface area contributed by atoms with Crippen LogP contribution in [0.15, 0.2) is 30.6 Å². The fourth-order valence-corrected chi connectivity index (χ4v) is 5.39. The van der Waals surface area contributed by atoms with Crippen molar-refractivity contribution in [1.82, 2.24) is 30.2 Å². The van der Waals surface area contributed by atoms with Gasteiger partial charge in [0, 0.05) is 38.0 Å². The number of aromatic nitrogens is 4. The van der Waals surface area contributed by atoms with Gasteiger partial charge in [0.25, 0.3) is 5.78 Å². The quantitative estimate of drug-likeness (QED) is 0.529. The predicted molar refractivity (Wildman–Crippen MR) is 138 cm³/mol. The molecule has 1 atom stereocenters. The van der Waals surface area contributed by atoms with Gasteiger partial charge in [-0.05, 0) is 49.1 Å². The predicted octanol–water partition coefficient (Wildman–Crippen LogP) is 2.57. The number of carbonyl (C=O) groups excluding carboxylic acids is 2. The average Bonchev–Trinajstić information content (AvgIpc) is 3.52. The highest BCUT2D eigenvalue weighted by Crippen LogP contribution is 2.32. The minimum absolute atomic E-state index is 0.0643. The number of nitrogens with one attached hydrogen (secondary N) is 2. The van der Waals surface area contributed by atoms with Gasteiger partial charge in [0.1, 0.15) is 18.2 Å². The monoisotopic (exact) mass is 489 g/mol. The number of fused-ring (bicyclic) bond motifs is 2. The molecule has 1 aliphatic carbocycles. The Morgan fingerprint density at radius 2 is 1.86 bits per heavy atom. The van der Waals surface area contributed by atoms with Crippen LogP contribution in [-0.2, 0) is 28.9 Å². The molecule has 1 aromatic carbocycles. The van der Waals surface area contributed by atoms with E-state index in [2.05, 4.69) is 56.6 Å². The fourth-order valence-electron chi connectivity index (χ4n) is 5.39. The van der Waals surface area contributed by atoms with E-state index in [-0.39, 0.29) is 17.9 Å². The smallest absolute Gasteiger partial charge is 0.254 e. The number of benzene rings is 1. The maximum Gasteiger partial charge on any atom is 0.254 e. The van der Waals surface area contributed by atoms with Crippen LogP contribution in [0.5, 0.6) is 0 Å². The number of hydrogen-bond acceptors (Lipinski definition) is 6. The van der Waals surface area contributed by atoms with E-state index < -0.39 is 6.04 Å². The van der Waals surface area contributed by atoms with Gasteiger partial charge in [-0.15, -0.1) is 0 Å². The standard InChI is InChI=1S/C27H35N7O2/c1-17(2)20-9-7-19(8-10-20)15-24(30-18(3)35)25(36)31-21-11-13-33(14-12-21)26-22-5-4-6-23(22)32-27-28-16-29-34(26)27/h7-10,16-17,21,24H,4-6,11-15H2,1-3H3,(H,30,35)(H,31,36)/t24-/m0/s1. The van der Waals surface area contributed by atoms with Crippen LogP contribution in [0, 0.1) is 0 Å². The third kappa shape index (κ3) is 5.05. The van der Waals surface area contributed by atoms with E-state index >= 15 is 0 Å². The number of aryl methyl sites for hydroxylation is 1. The zero-order valence-corrected chi connectivity index (χ0v) is 21.3. The maximum absolute atomic E-state index is 13.2. The molecule has 1 aliphatic heterocycles. The minimum Gasteiger partial charge on any atom is -0.356 e. The largest absolute Gasteiger partial charge is 0.356 e. The van der Waals surface area contributed by atoms with Crippen molar-refractivity contribution < 1.29 is 9.59 Å². The second kappa shape index (κ2) is 10.2. The summed E-state index contributed by atoms with van der Waals surface area (Å²) in [5.74, 6) is 1.89. The topological polar surface area (TPSA) is 105 Å². The van der Waals surface area contributed by atoms with Gasteiger partial charge < -0.3 is 15.5 Å². The molecule has 190 valence electrons. The number of piperidine rings is 1. The van der Waals surface area contributed by atoms with Crippen molar-refractivity contribution in [2.75, 3.05) is 18.0 Å². The minimum atomic E-state index is -0.594. The Morgan fingerprint density at radius 1 is 1.11 bits per heavy atom. The summed E-state index contributed by atoms with van der Waals surface area (Å²) in [6.07, 6.45) is 6.80. The number of anilines is 1. The van der Waals surface area contributed by atoms with Crippen LogP contribution in [0.4, 0.5) is 5.82 Å². The van der Waals surface area contributed by atoms with E-state index in [1.54, 1.807) is 6.33 Å². The van der Waals surface area contributed by atoms with Gasteiger partial charge in [-0.3, -0.25) is 9.59 Å². The van der Waals surface area contributed by atoms with Crippen molar-refractivity contribution in [3.05, 3.63) is 53.0 Å². The van der Waals surface area contributed by atoms with E-state index in [4.69, 9.17) is 0 Å². The van der Waals surface area contributed by atoms with Crippen molar-refractivity contribution in [2.45, 2.75) is 77.3 Å². The number of carbonyl (C=O) groups is 2. The highest BCUT2D eigenvalue weighted by Gasteiger charge is 2.30. The molecule has 2 N–H and O–H groups in total. The second-order valence-electron chi connectivity index (χ2n) is 10.3. The summed E-state index contributed by atoms with van der Waals surface area (Å²) >= 11 is 0. The molecule has 0 unspecified atom stereocenters. The first-order chi connectivity index (χ1) is 17.4. The van der Waals surface area contributed by atoms with Gasteiger partial charge in [0.2, 0.25) is 11.8 Å². The molecule has 0 bridgehead atoms. The van der Waals surface area contributed by atoms with Gasteiger partial charge >= 0.3 is 0 Å². The van der Waals surface area contributed by atoms with Gasteiger partial charge in [0.15, 0.2) is 0 Å². The van der Waals surface area contributed by atoms with E-state index in [0.717, 1.165) is 62.3 Å². The third-order valence-corrected chi connectivity index (χ3v) is 7.35. The summed E-state index contributed by atoms with van der Waals surface area (Å²) in [4.78, 5) is 36.4. The van der Waals surface area contributed by atoms with Crippen LogP contribution in [-0.4, -0.2) is 56.6 Å². The Kier molecular flexibility index (Phi) is 6.89. The zero-order valence-electron chi connectivity index (χ0n) is 21.3. The molecular formula is C27H35N7O2. The van der Waals surface area contributed by atoms with Crippen molar-refractivity contribution in [3.8, 4) is 0 Å². The fraction of sp³-hybridized carbons (Fsp3) is 0.519. The summed E-state index contributed by atoms with van der Waals surface area (Å²) in [5.41, 5.74) is 4.71. The Balaban J connectivity index is 1.23. The summed E-state index contributed by atoms with van der Waals surface area (Å²) in [6.45, 7) is 7.41. The van der Waals surface area contributed by atoms with Crippen LogP contribution in [0.1, 0.15) is 68.3 Å². The van der Waals surface area contributed by atoms with E-state index in [1.807, 2.05) is 16.6 Å². The average molecular weight is 490 g/mol. The molecule has 1 saturated heterocycles. The Morgan fingerprint density at radius 3 is 2.56 bits per heavy atom. The number of hydrogen-bond donors (Lipinski definition) is 2. The second-order valence-corrected chi connectivity index (χ2v) is 10.3. The Labute approximate surface area is 211 Å². The molecule has 0 spiro atoms. The van der Waals surface area contributed by atoms with Crippen molar-refractivity contribution in [3.63, 3.8) is 0 Å². The molecule has 36 heavy (non-hydrogen) atoms. The Hall–Kier alpha value is -3.49. The lowest BCUT2D eigenvalue weighted by Crippen LogP contribution is -2.52. The van der Waals surface area contributed by atoms with Gasteiger partial charge in [-0.1, -0.05) is 38.1 Å². The van der Waals surface area contributed by atoms with Gasteiger partial charge in [0.05, 0.1) is 5.69 Å². The van der Waals surface area contributed by atoms with Crippen molar-refractivity contribution >= 4 is 23.4 Å². The SMILES string of the molecule is CC(=O)N[C@@H](Cc1ccc(C(C)C)cc1)C(=O)NC1CCN(c2c3c(nc4ncnn24)CCC3)CC1. The van der Waals surface area contributed by atoms with Crippen LogP contribution >= 0.6 is 0 Å². The highest BCUT2D eigenvalue weighted by atomic mass is 16.2. The molecule has 2 aliphatic rings. The zero-order chi connectivity index (χ0) is 25.2. The van der Waals surface area contributed by atoms with Crippen molar-refractivity contribution in [1.29, 1.82) is 0 Å². The molecule has 3 heterocycles. The van der Waals surface area contributed by atoms with Gasteiger partial charge in [-0.2, -0.15) is 14.6 Å². The molecule has 1 fully saturated rings. The number of rotatable bonds is 7. The van der Waals surface area contributed by atoms with Gasteiger partial charge in [-0.25, -0.2) is 4.98 Å². The molecule has 3 aromatic rings. The normalized spacial score (nSPS) is 16.8. The van der Waals surface area contributed by atoms with E-state index in [9.17, 15) is 9.59 Å². The lowest BCUT2D eigenvalue weighted by Gasteiger charge is -2.35. The summed E-state index contributed by atoms with van der Waals surface area (Å²) < 4.78 is 1.86. The van der Waals surface area contributed by atoms with E-state index in [0.29, 0.717) is 18.1 Å². The lowest BCUT2D eigenvalue weighted by molar-refractivity contribution is -0.128. The van der Waals surface area contributed by atoms with Crippen LogP contribution in [0.2, 0.25) is 0 Å². The summed E-state index contributed by atoms with van der Waals surface area (Å²) in [5, 5.41) is 10.5. The maximum atomic E-state index is 13.2. The molecule has 5 rings (SSSR count). The lowest BCUT2D eigenvalue weighted by atomic mass is 9.98. The van der Waals surface area contributed by atoms with Crippen molar-refractivity contribution in [2.24, 2.45) is 0 Å². The first kappa shape index (κ1) is 24.2. The van der Waals surface area contributed by atoms with E-state index in [1.165, 1.54) is 18.1 Å². The first-order valence-corrected chi connectivity index (χ1v) is 13.0.